The lowest BCUT2D eigenvalue weighted by molar-refractivity contribution is 0.0683. The molecule has 1 aliphatic heterocycles. The second-order valence-electron chi connectivity index (χ2n) is 6.07. The van der Waals surface area contributed by atoms with E-state index in [1.54, 1.807) is 0 Å². The van der Waals surface area contributed by atoms with Crippen molar-refractivity contribution in [1.29, 1.82) is 0 Å². The molecule has 0 amide bonds. The number of hydrogen-bond acceptors (Lipinski definition) is 3. The standard InChI is InChI=1S/C16H24Cl2N2O/c1-3-19-14(12-5-4-6-13(17)15(12)18)7-9-20-10-8-16(2,21)11-20/h4-6,14,19,21H,3,7-11H2,1-2H3. The molecule has 0 radical (unpaired) electrons. The molecular formula is C16H24Cl2N2O. The number of halogens is 2. The highest BCUT2D eigenvalue weighted by atomic mass is 35.5. The zero-order valence-corrected chi connectivity index (χ0v) is 14.2. The Hall–Kier alpha value is -0.320. The highest BCUT2D eigenvalue weighted by molar-refractivity contribution is 6.42. The Labute approximate surface area is 137 Å². The number of hydrogen-bond donors (Lipinski definition) is 2. The Morgan fingerprint density at radius 2 is 2.19 bits per heavy atom. The second kappa shape index (κ2) is 7.30. The molecule has 1 fully saturated rings. The number of likely N-dealkylation sites (tertiary alicyclic amines) is 1. The van der Waals surface area contributed by atoms with E-state index in [1.165, 1.54) is 0 Å². The van der Waals surface area contributed by atoms with Crippen molar-refractivity contribution in [2.45, 2.75) is 38.3 Å². The van der Waals surface area contributed by atoms with Crippen molar-refractivity contribution in [2.75, 3.05) is 26.2 Å². The van der Waals surface area contributed by atoms with Crippen molar-refractivity contribution in [1.82, 2.24) is 10.2 Å². The summed E-state index contributed by atoms with van der Waals surface area (Å²) in [6.45, 7) is 7.51. The summed E-state index contributed by atoms with van der Waals surface area (Å²) in [6.07, 6.45) is 1.79. The molecule has 0 saturated carbocycles. The van der Waals surface area contributed by atoms with Crippen molar-refractivity contribution in [2.24, 2.45) is 0 Å². The third kappa shape index (κ3) is 4.57. The molecule has 0 spiro atoms. The average Bonchev–Trinajstić information content (AvgIpc) is 2.78. The van der Waals surface area contributed by atoms with Gasteiger partial charge in [-0.3, -0.25) is 0 Å². The maximum atomic E-state index is 10.0. The van der Waals surface area contributed by atoms with Gasteiger partial charge < -0.3 is 15.3 Å². The van der Waals surface area contributed by atoms with E-state index in [0.717, 1.165) is 44.6 Å². The monoisotopic (exact) mass is 330 g/mol. The van der Waals surface area contributed by atoms with Crippen LogP contribution in [0.5, 0.6) is 0 Å². The molecule has 0 aromatic heterocycles. The van der Waals surface area contributed by atoms with Crippen molar-refractivity contribution in [3.63, 3.8) is 0 Å². The number of aliphatic hydroxyl groups is 1. The summed E-state index contributed by atoms with van der Waals surface area (Å²) in [7, 11) is 0. The molecule has 1 aromatic rings. The van der Waals surface area contributed by atoms with Crippen LogP contribution in [0.1, 0.15) is 38.3 Å². The van der Waals surface area contributed by atoms with E-state index in [9.17, 15) is 5.11 Å². The molecule has 1 aliphatic rings. The molecule has 2 unspecified atom stereocenters. The van der Waals surface area contributed by atoms with Gasteiger partial charge in [0.05, 0.1) is 15.6 Å². The van der Waals surface area contributed by atoms with E-state index in [4.69, 9.17) is 23.2 Å². The van der Waals surface area contributed by atoms with Gasteiger partial charge in [-0.1, -0.05) is 42.3 Å². The Morgan fingerprint density at radius 1 is 1.43 bits per heavy atom. The van der Waals surface area contributed by atoms with Gasteiger partial charge in [0.15, 0.2) is 0 Å². The highest BCUT2D eigenvalue weighted by Crippen LogP contribution is 2.32. The minimum Gasteiger partial charge on any atom is -0.389 e. The SMILES string of the molecule is CCNC(CCN1CCC(C)(O)C1)c1cccc(Cl)c1Cl. The summed E-state index contributed by atoms with van der Waals surface area (Å²) in [6, 6.07) is 5.97. The lowest BCUT2D eigenvalue weighted by atomic mass is 10.0. The molecule has 1 saturated heterocycles. The largest absolute Gasteiger partial charge is 0.389 e. The van der Waals surface area contributed by atoms with E-state index < -0.39 is 5.60 Å². The summed E-state index contributed by atoms with van der Waals surface area (Å²) in [5.41, 5.74) is 0.512. The lowest BCUT2D eigenvalue weighted by Crippen LogP contribution is -2.32. The van der Waals surface area contributed by atoms with Crippen LogP contribution in [0, 0.1) is 0 Å². The summed E-state index contributed by atoms with van der Waals surface area (Å²) < 4.78 is 0. The number of rotatable bonds is 6. The van der Waals surface area contributed by atoms with Crippen LogP contribution in [0.3, 0.4) is 0 Å². The van der Waals surface area contributed by atoms with Crippen molar-refractivity contribution >= 4 is 23.2 Å². The molecule has 2 rings (SSSR count). The van der Waals surface area contributed by atoms with Crippen LogP contribution >= 0.6 is 23.2 Å². The zero-order chi connectivity index (χ0) is 15.5. The van der Waals surface area contributed by atoms with Crippen LogP contribution in [0.15, 0.2) is 18.2 Å². The molecule has 1 aromatic carbocycles. The maximum absolute atomic E-state index is 10.0. The third-order valence-electron chi connectivity index (χ3n) is 4.07. The molecule has 0 aliphatic carbocycles. The summed E-state index contributed by atoms with van der Waals surface area (Å²) in [4.78, 5) is 2.31. The topological polar surface area (TPSA) is 35.5 Å². The third-order valence-corrected chi connectivity index (χ3v) is 4.91. The van der Waals surface area contributed by atoms with Crippen LogP contribution in [0.25, 0.3) is 0 Å². The quantitative estimate of drug-likeness (QED) is 0.838. The molecule has 1 heterocycles. The van der Waals surface area contributed by atoms with Crippen molar-refractivity contribution in [3.05, 3.63) is 33.8 Å². The predicted molar refractivity (Wildman–Crippen MR) is 89.2 cm³/mol. The van der Waals surface area contributed by atoms with Gasteiger partial charge in [0.1, 0.15) is 0 Å². The first-order valence-corrected chi connectivity index (χ1v) is 8.30. The Morgan fingerprint density at radius 3 is 2.81 bits per heavy atom. The first-order valence-electron chi connectivity index (χ1n) is 7.55. The normalized spacial score (nSPS) is 24.4. The molecule has 2 atom stereocenters. The van der Waals surface area contributed by atoms with Gasteiger partial charge in [-0.2, -0.15) is 0 Å². The number of β-amino-alcohol motifs (C(OH)–C–C–N with tert-alkyl or cyclic N) is 1. The van der Waals surface area contributed by atoms with Crippen LogP contribution in [0.2, 0.25) is 10.0 Å². The van der Waals surface area contributed by atoms with Crippen LogP contribution in [-0.4, -0.2) is 41.8 Å². The predicted octanol–water partition coefficient (Wildman–Crippen LogP) is 3.49. The van der Waals surface area contributed by atoms with Crippen LogP contribution < -0.4 is 5.32 Å². The summed E-state index contributed by atoms with van der Waals surface area (Å²) in [5.74, 6) is 0. The van der Waals surface area contributed by atoms with E-state index in [-0.39, 0.29) is 6.04 Å². The lowest BCUT2D eigenvalue weighted by Gasteiger charge is -2.24. The van der Waals surface area contributed by atoms with Gasteiger partial charge in [-0.05, 0) is 37.9 Å². The molecule has 5 heteroatoms. The van der Waals surface area contributed by atoms with E-state index >= 15 is 0 Å². The molecule has 0 bridgehead atoms. The fraction of sp³-hybridized carbons (Fsp3) is 0.625. The van der Waals surface area contributed by atoms with E-state index in [0.29, 0.717) is 10.0 Å². The fourth-order valence-electron chi connectivity index (χ4n) is 2.94. The van der Waals surface area contributed by atoms with E-state index in [2.05, 4.69) is 17.1 Å². The van der Waals surface area contributed by atoms with Crippen molar-refractivity contribution in [3.8, 4) is 0 Å². The minimum absolute atomic E-state index is 0.187. The summed E-state index contributed by atoms with van der Waals surface area (Å²) >= 11 is 12.5. The fourth-order valence-corrected chi connectivity index (χ4v) is 3.38. The minimum atomic E-state index is -0.540. The second-order valence-corrected chi connectivity index (χ2v) is 6.85. The van der Waals surface area contributed by atoms with Gasteiger partial charge in [0, 0.05) is 25.7 Å². The van der Waals surface area contributed by atoms with Gasteiger partial charge in [0.25, 0.3) is 0 Å². The Bertz CT molecular complexity index is 479. The van der Waals surface area contributed by atoms with Gasteiger partial charge in [-0.25, -0.2) is 0 Å². The molecule has 3 nitrogen and oxygen atoms in total. The van der Waals surface area contributed by atoms with Gasteiger partial charge in [0.2, 0.25) is 0 Å². The van der Waals surface area contributed by atoms with E-state index in [1.807, 2.05) is 25.1 Å². The molecule has 118 valence electrons. The first kappa shape index (κ1) is 17.0. The number of nitrogens with one attached hydrogen (secondary N) is 1. The summed E-state index contributed by atoms with van der Waals surface area (Å²) in [5, 5.41) is 14.8. The van der Waals surface area contributed by atoms with Crippen LogP contribution in [0.4, 0.5) is 0 Å². The Kier molecular flexibility index (Phi) is 5.92. The van der Waals surface area contributed by atoms with Crippen LogP contribution in [-0.2, 0) is 0 Å². The number of nitrogens with zero attached hydrogens (tertiary/aromatic N) is 1. The molecule has 2 N–H and O–H groups in total. The highest BCUT2D eigenvalue weighted by Gasteiger charge is 2.31. The average molecular weight is 331 g/mol. The molecular weight excluding hydrogens is 307 g/mol. The van der Waals surface area contributed by atoms with Gasteiger partial charge in [-0.15, -0.1) is 0 Å². The first-order chi connectivity index (χ1) is 9.93. The molecule has 21 heavy (non-hydrogen) atoms. The zero-order valence-electron chi connectivity index (χ0n) is 12.7. The maximum Gasteiger partial charge on any atom is 0.0758 e. The van der Waals surface area contributed by atoms with Gasteiger partial charge >= 0.3 is 0 Å². The van der Waals surface area contributed by atoms with Crippen molar-refractivity contribution < 1.29 is 5.11 Å². The smallest absolute Gasteiger partial charge is 0.0758 e. The number of benzene rings is 1. The Balaban J connectivity index is 2.01.